The highest BCUT2D eigenvalue weighted by atomic mass is 16.3. The fourth-order valence-corrected chi connectivity index (χ4v) is 2.68. The smallest absolute Gasteiger partial charge is 0.321 e. The van der Waals surface area contributed by atoms with Crippen molar-refractivity contribution < 1.29 is 9.90 Å². The van der Waals surface area contributed by atoms with E-state index in [0.717, 1.165) is 16.8 Å². The number of benzene rings is 1. The second-order valence-corrected chi connectivity index (χ2v) is 7.38. The summed E-state index contributed by atoms with van der Waals surface area (Å²) in [6.07, 6.45) is 0. The molecule has 2 N–H and O–H groups in total. The molecule has 1 aromatic carbocycles. The Labute approximate surface area is 140 Å². The summed E-state index contributed by atoms with van der Waals surface area (Å²) in [6, 6.07) is 6.02. The van der Waals surface area contributed by atoms with E-state index >= 15 is 0 Å². The van der Waals surface area contributed by atoms with Gasteiger partial charge >= 0.3 is 6.03 Å². The lowest BCUT2D eigenvalue weighted by Gasteiger charge is -2.29. The number of carbonyl (C=O) groups excluding carboxylic acids is 1. The van der Waals surface area contributed by atoms with Crippen LogP contribution in [-0.2, 0) is 0 Å². The summed E-state index contributed by atoms with van der Waals surface area (Å²) in [6.45, 7) is 14.7. The highest BCUT2D eigenvalue weighted by molar-refractivity contribution is 5.91. The maximum absolute atomic E-state index is 12.7. The van der Waals surface area contributed by atoms with Crippen molar-refractivity contribution in [1.29, 1.82) is 0 Å². The number of likely N-dealkylation sites (N-methyl/N-ethyl adjacent to an activating group) is 1. The van der Waals surface area contributed by atoms with Gasteiger partial charge in [-0.15, -0.1) is 0 Å². The maximum Gasteiger partial charge on any atom is 0.321 e. The molecule has 0 aliphatic rings. The second-order valence-electron chi connectivity index (χ2n) is 7.38. The van der Waals surface area contributed by atoms with Gasteiger partial charge in [0.1, 0.15) is 0 Å². The molecule has 1 aromatic rings. The van der Waals surface area contributed by atoms with Crippen molar-refractivity contribution >= 4 is 11.7 Å². The van der Waals surface area contributed by atoms with E-state index in [1.807, 2.05) is 6.92 Å². The van der Waals surface area contributed by atoms with Gasteiger partial charge in [-0.25, -0.2) is 4.79 Å². The number of hydrogen-bond acceptors (Lipinski definition) is 2. The molecule has 0 saturated carbocycles. The average Bonchev–Trinajstić information content (AvgIpc) is 2.43. The van der Waals surface area contributed by atoms with Crippen molar-refractivity contribution in [2.24, 2.45) is 0 Å². The number of amides is 2. The summed E-state index contributed by atoms with van der Waals surface area (Å²) >= 11 is 0. The van der Waals surface area contributed by atoms with Crippen LogP contribution in [-0.4, -0.2) is 34.7 Å². The molecule has 23 heavy (non-hydrogen) atoms. The van der Waals surface area contributed by atoms with Crippen molar-refractivity contribution in [2.45, 2.75) is 65.9 Å². The van der Waals surface area contributed by atoms with Gasteiger partial charge in [-0.2, -0.15) is 0 Å². The largest absolute Gasteiger partial charge is 0.389 e. The van der Waals surface area contributed by atoms with Crippen LogP contribution < -0.4 is 5.32 Å². The lowest BCUT2D eigenvalue weighted by Crippen LogP contribution is -2.44. The molecule has 0 saturated heterocycles. The van der Waals surface area contributed by atoms with E-state index in [4.69, 9.17) is 0 Å². The lowest BCUT2D eigenvalue weighted by molar-refractivity contribution is 0.0501. The van der Waals surface area contributed by atoms with Crippen molar-refractivity contribution in [1.82, 2.24) is 4.90 Å². The average molecular weight is 320 g/mol. The van der Waals surface area contributed by atoms with Crippen LogP contribution in [0.4, 0.5) is 10.5 Å². The van der Waals surface area contributed by atoms with Gasteiger partial charge in [-0.1, -0.05) is 45.9 Å². The first-order chi connectivity index (χ1) is 10.6. The van der Waals surface area contributed by atoms with Gasteiger partial charge < -0.3 is 15.3 Å². The molecule has 0 unspecified atom stereocenters. The van der Waals surface area contributed by atoms with Crippen LogP contribution in [0.5, 0.6) is 0 Å². The third kappa shape index (κ3) is 5.54. The molecule has 0 aliphatic heterocycles. The zero-order valence-electron chi connectivity index (χ0n) is 15.6. The molecule has 0 radical (unpaired) electrons. The molecule has 4 heteroatoms. The Morgan fingerprint density at radius 1 is 1.17 bits per heavy atom. The van der Waals surface area contributed by atoms with Gasteiger partial charge in [0.2, 0.25) is 0 Å². The van der Waals surface area contributed by atoms with Crippen LogP contribution in [0.15, 0.2) is 18.2 Å². The number of nitrogens with zero attached hydrogens (tertiary/aromatic N) is 1. The van der Waals surface area contributed by atoms with E-state index in [0.29, 0.717) is 24.9 Å². The molecule has 1 rings (SSSR count). The Balaban J connectivity index is 3.13. The Kier molecular flexibility index (Phi) is 6.63. The molecule has 0 heterocycles. The standard InChI is InChI=1S/C19H32N2O2/c1-8-21(12-19(6,7)23)18(22)20-17-15(13(2)3)10-9-11-16(17)14(4)5/h9-11,13-14,23H,8,12H2,1-7H3,(H,20,22). The van der Waals surface area contributed by atoms with Gasteiger partial charge in [0.15, 0.2) is 0 Å². The van der Waals surface area contributed by atoms with E-state index in [1.165, 1.54) is 0 Å². The van der Waals surface area contributed by atoms with Crippen molar-refractivity contribution in [3.63, 3.8) is 0 Å². The van der Waals surface area contributed by atoms with E-state index in [1.54, 1.807) is 18.7 Å². The van der Waals surface area contributed by atoms with Crippen LogP contribution in [0.25, 0.3) is 0 Å². The van der Waals surface area contributed by atoms with Gasteiger partial charge in [-0.05, 0) is 43.7 Å². The SMILES string of the molecule is CCN(CC(C)(C)O)C(=O)Nc1c(C(C)C)cccc1C(C)C. The number of rotatable bonds is 6. The first-order valence-corrected chi connectivity index (χ1v) is 8.48. The number of aliphatic hydroxyl groups is 1. The molecule has 0 bridgehead atoms. The highest BCUT2D eigenvalue weighted by Crippen LogP contribution is 2.32. The number of nitrogens with one attached hydrogen (secondary N) is 1. The number of hydrogen-bond donors (Lipinski definition) is 2. The fourth-order valence-electron chi connectivity index (χ4n) is 2.68. The van der Waals surface area contributed by atoms with Gasteiger partial charge in [0, 0.05) is 12.2 Å². The highest BCUT2D eigenvalue weighted by Gasteiger charge is 2.23. The predicted molar refractivity (Wildman–Crippen MR) is 97.2 cm³/mol. The summed E-state index contributed by atoms with van der Waals surface area (Å²) in [4.78, 5) is 14.3. The van der Waals surface area contributed by atoms with E-state index in [-0.39, 0.29) is 6.03 Å². The number of urea groups is 1. The van der Waals surface area contributed by atoms with Crippen molar-refractivity contribution in [2.75, 3.05) is 18.4 Å². The quantitative estimate of drug-likeness (QED) is 0.807. The normalized spacial score (nSPS) is 11.9. The molecular formula is C19H32N2O2. The minimum Gasteiger partial charge on any atom is -0.389 e. The van der Waals surface area contributed by atoms with Gasteiger partial charge in [0.05, 0.1) is 12.1 Å². The minimum absolute atomic E-state index is 0.162. The molecule has 0 fully saturated rings. The number of carbonyl (C=O) groups is 1. The predicted octanol–water partition coefficient (Wildman–Crippen LogP) is 4.56. The Morgan fingerprint density at radius 3 is 2.00 bits per heavy atom. The van der Waals surface area contributed by atoms with Crippen LogP contribution >= 0.6 is 0 Å². The van der Waals surface area contributed by atoms with Crippen molar-refractivity contribution in [3.05, 3.63) is 29.3 Å². The second kappa shape index (κ2) is 7.82. The third-order valence-corrected chi connectivity index (χ3v) is 3.85. The molecular weight excluding hydrogens is 288 g/mol. The number of anilines is 1. The van der Waals surface area contributed by atoms with Gasteiger partial charge in [-0.3, -0.25) is 0 Å². The fraction of sp³-hybridized carbons (Fsp3) is 0.632. The molecule has 0 aliphatic carbocycles. The van der Waals surface area contributed by atoms with E-state index in [2.05, 4.69) is 51.2 Å². The topological polar surface area (TPSA) is 52.6 Å². The zero-order chi connectivity index (χ0) is 17.8. The monoisotopic (exact) mass is 320 g/mol. The van der Waals surface area contributed by atoms with Crippen LogP contribution in [0.3, 0.4) is 0 Å². The summed E-state index contributed by atoms with van der Waals surface area (Å²) in [5, 5.41) is 13.1. The molecule has 2 amide bonds. The molecule has 4 nitrogen and oxygen atoms in total. The third-order valence-electron chi connectivity index (χ3n) is 3.85. The molecule has 130 valence electrons. The Hall–Kier alpha value is -1.55. The first-order valence-electron chi connectivity index (χ1n) is 8.48. The van der Waals surface area contributed by atoms with Crippen LogP contribution in [0, 0.1) is 0 Å². The number of para-hydroxylation sites is 1. The van der Waals surface area contributed by atoms with Crippen LogP contribution in [0.1, 0.15) is 71.4 Å². The molecule has 0 atom stereocenters. The Bertz CT molecular complexity index is 504. The Morgan fingerprint density at radius 2 is 1.65 bits per heavy atom. The lowest BCUT2D eigenvalue weighted by atomic mass is 9.93. The summed E-state index contributed by atoms with van der Waals surface area (Å²) < 4.78 is 0. The van der Waals surface area contributed by atoms with E-state index in [9.17, 15) is 9.90 Å². The summed E-state index contributed by atoms with van der Waals surface area (Å²) in [5.41, 5.74) is 2.29. The maximum atomic E-state index is 12.7. The summed E-state index contributed by atoms with van der Waals surface area (Å²) in [7, 11) is 0. The van der Waals surface area contributed by atoms with Gasteiger partial charge in [0.25, 0.3) is 0 Å². The molecule has 0 spiro atoms. The minimum atomic E-state index is -0.911. The summed E-state index contributed by atoms with van der Waals surface area (Å²) in [5.74, 6) is 0.654. The van der Waals surface area contributed by atoms with Crippen molar-refractivity contribution in [3.8, 4) is 0 Å². The zero-order valence-corrected chi connectivity index (χ0v) is 15.6. The van der Waals surface area contributed by atoms with Crippen LogP contribution in [0.2, 0.25) is 0 Å². The van der Waals surface area contributed by atoms with E-state index < -0.39 is 5.60 Å². The molecule has 0 aromatic heterocycles. The first kappa shape index (κ1) is 19.5.